The lowest BCUT2D eigenvalue weighted by Crippen LogP contribution is -2.00. The number of rotatable bonds is 6. The molecule has 0 radical (unpaired) electrons. The molecule has 7 aromatic carbocycles. The molecule has 0 aliphatic carbocycles. The fourth-order valence-electron chi connectivity index (χ4n) is 5.66. The van der Waals surface area contributed by atoms with Crippen LogP contribution in [0.5, 0.6) is 0 Å². The average molecular weight is 655 g/mol. The summed E-state index contributed by atoms with van der Waals surface area (Å²) in [5, 5.41) is 0.0508. The Balaban J connectivity index is 1.29. The first-order valence-corrected chi connectivity index (χ1v) is 16.3. The van der Waals surface area contributed by atoms with Gasteiger partial charge in [-0.25, -0.2) is 15.0 Å². The van der Waals surface area contributed by atoms with E-state index < -0.39 is 42.3 Å². The van der Waals surface area contributed by atoms with E-state index in [1.54, 1.807) is 0 Å². The molecular weight excluding hydrogens is 615 g/mol. The minimum absolute atomic E-state index is 0.00225. The molecule has 0 spiro atoms. The summed E-state index contributed by atoms with van der Waals surface area (Å²) < 4.78 is 97.1. The van der Waals surface area contributed by atoms with Crippen LogP contribution in [0.3, 0.4) is 0 Å². The van der Waals surface area contributed by atoms with Crippen LogP contribution in [0.25, 0.3) is 87.7 Å². The van der Waals surface area contributed by atoms with Gasteiger partial charge in [0.1, 0.15) is 0 Å². The maximum Gasteiger partial charge on any atom is 0.164 e. The van der Waals surface area contributed by atoms with Gasteiger partial charge in [-0.3, -0.25) is 0 Å². The van der Waals surface area contributed by atoms with Crippen LogP contribution in [-0.4, -0.2) is 15.0 Å². The van der Waals surface area contributed by atoms with Crippen LogP contribution in [0.2, 0.25) is 0 Å². The highest BCUT2D eigenvalue weighted by molar-refractivity contribution is 7.25. The van der Waals surface area contributed by atoms with Crippen LogP contribution in [0.15, 0.2) is 176 Å². The summed E-state index contributed by atoms with van der Waals surface area (Å²) in [5.74, 6) is 0.454. The Bertz CT molecular complexity index is 3180. The van der Waals surface area contributed by atoms with Crippen molar-refractivity contribution in [3.05, 3.63) is 176 Å². The summed E-state index contributed by atoms with van der Waals surface area (Å²) in [7, 11) is 0. The van der Waals surface area contributed by atoms with Gasteiger partial charge < -0.3 is 0 Å². The fourth-order valence-corrected chi connectivity index (χ4v) is 6.63. The molecule has 9 aromatic rings. The number of nitrogens with zero attached hydrogens (tertiary/aromatic N) is 3. The standard InChI is InChI=1S/C45H29N3S/c1-4-11-30(12-5-1)33-19-21-34(22-20-33)43-46-44(37-18-10-17-35(27-37)31-13-6-2-7-14-31)48-45(47-43)38-24-26-41-40(28-38)39-25-23-36(29-42(39)49-41)32-15-8-3-9-16-32/h1-29H/i3D,8D,9D,15D,16D,23D,24D,25D,26D,28D,29D. The maximum absolute atomic E-state index is 9.60. The van der Waals surface area contributed by atoms with Crippen molar-refractivity contribution in [2.75, 3.05) is 0 Å². The topological polar surface area (TPSA) is 38.7 Å². The molecule has 0 unspecified atom stereocenters. The Morgan fingerprint density at radius 1 is 0.367 bits per heavy atom. The second-order valence-electron chi connectivity index (χ2n) is 11.2. The van der Waals surface area contributed by atoms with Crippen molar-refractivity contribution in [3.63, 3.8) is 0 Å². The molecule has 49 heavy (non-hydrogen) atoms. The smallest absolute Gasteiger partial charge is 0.164 e. The summed E-state index contributed by atoms with van der Waals surface area (Å²) in [6.45, 7) is 0. The number of hydrogen-bond acceptors (Lipinski definition) is 4. The molecule has 0 atom stereocenters. The molecule has 0 bridgehead atoms. The van der Waals surface area contributed by atoms with Crippen molar-refractivity contribution in [2.45, 2.75) is 0 Å². The van der Waals surface area contributed by atoms with Gasteiger partial charge in [0.2, 0.25) is 0 Å². The molecule has 0 fully saturated rings. The lowest BCUT2D eigenvalue weighted by atomic mass is 10.0. The van der Waals surface area contributed by atoms with E-state index in [0.29, 0.717) is 11.1 Å². The normalized spacial score (nSPS) is 14.4. The summed E-state index contributed by atoms with van der Waals surface area (Å²) in [4.78, 5) is 14.5. The Hall–Kier alpha value is -6.23. The summed E-state index contributed by atoms with van der Waals surface area (Å²) >= 11 is 0.876. The van der Waals surface area contributed by atoms with Crippen molar-refractivity contribution in [1.82, 2.24) is 15.0 Å². The Morgan fingerprint density at radius 3 is 1.67 bits per heavy atom. The largest absolute Gasteiger partial charge is 0.208 e. The van der Waals surface area contributed by atoms with Gasteiger partial charge >= 0.3 is 0 Å². The van der Waals surface area contributed by atoms with Crippen LogP contribution in [-0.2, 0) is 0 Å². The fraction of sp³-hybridized carbons (Fsp3) is 0. The SMILES string of the molecule is [2H]c1c([2H])c([2H])c(-c2c([2H])c([2H])c3c(sc4c([2H])c([2H])c(-c5nc(-c6ccc(-c7ccccc7)cc6)nc(-c6cccc(-c7ccccc7)c6)n5)c([2H])c43)c2[2H])c([2H])c1[2H]. The highest BCUT2D eigenvalue weighted by atomic mass is 32.1. The monoisotopic (exact) mass is 654 g/mol. The van der Waals surface area contributed by atoms with Gasteiger partial charge in [0.15, 0.2) is 17.5 Å². The number of fused-ring (bicyclic) bond motifs is 3. The maximum atomic E-state index is 9.60. The van der Waals surface area contributed by atoms with Crippen LogP contribution in [0.1, 0.15) is 15.1 Å². The minimum Gasteiger partial charge on any atom is -0.208 e. The third-order valence-corrected chi connectivity index (χ3v) is 9.12. The van der Waals surface area contributed by atoms with Gasteiger partial charge in [-0.15, -0.1) is 11.3 Å². The van der Waals surface area contributed by atoms with Crippen molar-refractivity contribution in [1.29, 1.82) is 0 Å². The van der Waals surface area contributed by atoms with E-state index >= 15 is 0 Å². The van der Waals surface area contributed by atoms with Crippen LogP contribution in [0.4, 0.5) is 0 Å². The van der Waals surface area contributed by atoms with Crippen molar-refractivity contribution in [2.24, 2.45) is 0 Å². The van der Waals surface area contributed by atoms with Crippen molar-refractivity contribution >= 4 is 31.5 Å². The zero-order chi connectivity index (χ0) is 42.1. The van der Waals surface area contributed by atoms with Gasteiger partial charge in [0.25, 0.3) is 0 Å². The molecule has 4 heteroatoms. The molecule has 2 aromatic heterocycles. The van der Waals surface area contributed by atoms with E-state index in [1.165, 1.54) is 0 Å². The molecule has 0 amide bonds. The summed E-state index contributed by atoms with van der Waals surface area (Å²) in [6, 6.07) is 29.5. The first kappa shape index (κ1) is 19.6. The molecule has 0 saturated heterocycles. The first-order valence-electron chi connectivity index (χ1n) is 21.0. The van der Waals surface area contributed by atoms with Crippen molar-refractivity contribution < 1.29 is 15.1 Å². The van der Waals surface area contributed by atoms with Crippen LogP contribution < -0.4 is 0 Å². The third-order valence-electron chi connectivity index (χ3n) is 8.10. The zero-order valence-electron chi connectivity index (χ0n) is 36.6. The quantitative estimate of drug-likeness (QED) is 0.179. The van der Waals surface area contributed by atoms with Gasteiger partial charge in [0.05, 0.1) is 15.1 Å². The molecule has 0 aliphatic heterocycles. The van der Waals surface area contributed by atoms with E-state index in [1.807, 2.05) is 109 Å². The van der Waals surface area contributed by atoms with Gasteiger partial charge in [0, 0.05) is 36.9 Å². The lowest BCUT2D eigenvalue weighted by molar-refractivity contribution is 1.07. The van der Waals surface area contributed by atoms with Crippen molar-refractivity contribution in [3.8, 4) is 67.5 Å². The first-order chi connectivity index (χ1) is 28.8. The predicted molar refractivity (Wildman–Crippen MR) is 205 cm³/mol. The number of benzene rings is 7. The minimum atomic E-state index is -0.645. The number of hydrogen-bond donors (Lipinski definition) is 0. The molecule has 0 saturated carbocycles. The van der Waals surface area contributed by atoms with E-state index in [-0.39, 0.29) is 78.5 Å². The lowest BCUT2D eigenvalue weighted by Gasteiger charge is -2.10. The molecule has 230 valence electrons. The van der Waals surface area contributed by atoms with E-state index in [4.69, 9.17) is 23.2 Å². The number of aromatic nitrogens is 3. The van der Waals surface area contributed by atoms with Gasteiger partial charge in [-0.1, -0.05) is 145 Å². The summed E-state index contributed by atoms with van der Waals surface area (Å²) in [6.07, 6.45) is 0. The average Bonchev–Trinajstić information content (AvgIpc) is 3.70. The summed E-state index contributed by atoms with van der Waals surface area (Å²) in [5.41, 5.74) is 4.34. The highest BCUT2D eigenvalue weighted by Crippen LogP contribution is 2.38. The van der Waals surface area contributed by atoms with E-state index in [2.05, 4.69) is 0 Å². The molecule has 0 N–H and O–H groups in total. The van der Waals surface area contributed by atoms with E-state index in [9.17, 15) is 6.85 Å². The van der Waals surface area contributed by atoms with Gasteiger partial charge in [-0.2, -0.15) is 0 Å². The Morgan fingerprint density at radius 2 is 0.939 bits per heavy atom. The molecular formula is C45H29N3S. The highest BCUT2D eigenvalue weighted by Gasteiger charge is 2.15. The second-order valence-corrected chi connectivity index (χ2v) is 12.2. The molecule has 3 nitrogen and oxygen atoms in total. The molecule has 0 aliphatic rings. The third kappa shape index (κ3) is 5.69. The predicted octanol–water partition coefficient (Wildman–Crippen LogP) is 12.2. The Kier molecular flexibility index (Phi) is 4.96. The molecule has 2 heterocycles. The second kappa shape index (κ2) is 12.4. The van der Waals surface area contributed by atoms with Crippen LogP contribution in [0, 0.1) is 0 Å². The molecule has 9 rings (SSSR count). The van der Waals surface area contributed by atoms with Crippen LogP contribution >= 0.6 is 11.3 Å². The Labute approximate surface area is 304 Å². The van der Waals surface area contributed by atoms with E-state index in [0.717, 1.165) is 33.6 Å². The van der Waals surface area contributed by atoms with Gasteiger partial charge in [-0.05, 0) is 63.6 Å². The zero-order valence-corrected chi connectivity index (χ0v) is 26.5. The number of thiophene rings is 1.